The second kappa shape index (κ2) is 13.4. The van der Waals surface area contributed by atoms with Crippen LogP contribution in [0.3, 0.4) is 0 Å². The van der Waals surface area contributed by atoms with Crippen molar-refractivity contribution in [2.75, 3.05) is 52.2 Å². The number of halogens is 1. The molecule has 11 heteroatoms. The highest BCUT2D eigenvalue weighted by Gasteiger charge is 2.44. The van der Waals surface area contributed by atoms with Crippen molar-refractivity contribution in [3.8, 4) is 5.75 Å². The van der Waals surface area contributed by atoms with Crippen molar-refractivity contribution in [2.24, 2.45) is 15.4 Å². The van der Waals surface area contributed by atoms with E-state index in [2.05, 4.69) is 32.1 Å². The van der Waals surface area contributed by atoms with E-state index < -0.39 is 11.7 Å². The van der Waals surface area contributed by atoms with Crippen molar-refractivity contribution in [1.82, 2.24) is 20.0 Å². The smallest absolute Gasteiger partial charge is 0.254 e. The van der Waals surface area contributed by atoms with E-state index in [4.69, 9.17) is 9.73 Å². The van der Waals surface area contributed by atoms with Gasteiger partial charge in [-0.15, -0.1) is 0 Å². The lowest BCUT2D eigenvalue weighted by Crippen LogP contribution is -2.37. The summed E-state index contributed by atoms with van der Waals surface area (Å²) < 4.78 is 20.9. The number of benzene rings is 1. The molecule has 4 aliphatic rings. The Bertz CT molecular complexity index is 1280. The maximum absolute atomic E-state index is 15.4. The second-order valence-corrected chi connectivity index (χ2v) is 12.5. The minimum atomic E-state index is -0.673. The molecule has 0 spiro atoms. The van der Waals surface area contributed by atoms with Crippen molar-refractivity contribution >= 4 is 30.2 Å². The first-order valence-electron chi connectivity index (χ1n) is 15.7. The molecular formula is C32H46FN7O3. The van der Waals surface area contributed by atoms with E-state index in [9.17, 15) is 9.59 Å². The topological polar surface area (TPSA) is 102 Å². The molecule has 0 radical (unpaired) electrons. The third kappa shape index (κ3) is 7.20. The van der Waals surface area contributed by atoms with Crippen molar-refractivity contribution in [3.63, 3.8) is 0 Å². The zero-order valence-electron chi connectivity index (χ0n) is 25.9. The lowest BCUT2D eigenvalue weighted by Gasteiger charge is -2.35. The predicted octanol–water partition coefficient (Wildman–Crippen LogP) is 4.59. The maximum Gasteiger partial charge on any atom is 0.254 e. The fraction of sp³-hybridized carbons (Fsp3) is 0.625. The summed E-state index contributed by atoms with van der Waals surface area (Å²) in [5, 5.41) is 6.02. The number of allylic oxidation sites excluding steroid dienone is 1. The molecule has 3 fully saturated rings. The van der Waals surface area contributed by atoms with Gasteiger partial charge in [0.2, 0.25) is 11.9 Å². The lowest BCUT2D eigenvalue weighted by atomic mass is 9.94. The van der Waals surface area contributed by atoms with Crippen LogP contribution in [-0.2, 0) is 4.79 Å². The SMILES string of the molecule is C=N/C(=N\C1=C(C)N(C)C(=O)CCN1C1CCCCC1)Nc1cc(F)c(C(=O)NCC2(CN3CCCC3)CC2)cc1OC. The molecule has 43 heavy (non-hydrogen) atoms. The quantitative estimate of drug-likeness (QED) is 0.320. The average molecular weight is 596 g/mol. The van der Waals surface area contributed by atoms with Crippen LogP contribution in [-0.4, -0.2) is 92.1 Å². The van der Waals surface area contributed by atoms with E-state index in [-0.39, 0.29) is 40.3 Å². The van der Waals surface area contributed by atoms with Crippen LogP contribution in [0.4, 0.5) is 10.1 Å². The average Bonchev–Trinajstić information content (AvgIpc) is 3.61. The Labute approximate surface area is 254 Å². The van der Waals surface area contributed by atoms with Crippen LogP contribution in [0.2, 0.25) is 0 Å². The van der Waals surface area contributed by atoms with Gasteiger partial charge in [0.25, 0.3) is 5.91 Å². The summed E-state index contributed by atoms with van der Waals surface area (Å²) in [5.41, 5.74) is 1.02. The minimum Gasteiger partial charge on any atom is -0.495 e. The van der Waals surface area contributed by atoms with Gasteiger partial charge in [-0.3, -0.25) is 9.59 Å². The minimum absolute atomic E-state index is 0.0332. The number of nitrogens with one attached hydrogen (secondary N) is 2. The molecule has 5 rings (SSSR count). The molecular weight excluding hydrogens is 549 g/mol. The maximum atomic E-state index is 15.4. The molecule has 2 N–H and O–H groups in total. The lowest BCUT2D eigenvalue weighted by molar-refractivity contribution is -0.127. The monoisotopic (exact) mass is 595 g/mol. The fourth-order valence-corrected chi connectivity index (χ4v) is 6.59. The third-order valence-corrected chi connectivity index (χ3v) is 9.54. The third-order valence-electron chi connectivity index (χ3n) is 9.54. The zero-order chi connectivity index (χ0) is 30.6. The van der Waals surface area contributed by atoms with Crippen LogP contribution in [0.25, 0.3) is 0 Å². The Morgan fingerprint density at radius 2 is 1.86 bits per heavy atom. The molecule has 2 amide bonds. The highest BCUT2D eigenvalue weighted by molar-refractivity contribution is 6.00. The molecule has 0 unspecified atom stereocenters. The Hall–Kier alpha value is -3.47. The molecule has 2 heterocycles. The van der Waals surface area contributed by atoms with Gasteiger partial charge in [0.1, 0.15) is 11.6 Å². The molecule has 0 atom stereocenters. The van der Waals surface area contributed by atoms with Gasteiger partial charge < -0.3 is 30.1 Å². The highest BCUT2D eigenvalue weighted by Crippen LogP contribution is 2.46. The first-order valence-corrected chi connectivity index (χ1v) is 15.7. The molecule has 234 valence electrons. The molecule has 0 bridgehead atoms. The van der Waals surface area contributed by atoms with E-state index in [1.54, 1.807) is 11.9 Å². The molecule has 1 aromatic carbocycles. The summed E-state index contributed by atoms with van der Waals surface area (Å²) in [6.45, 7) is 9.88. The van der Waals surface area contributed by atoms with Gasteiger partial charge in [-0.25, -0.2) is 9.38 Å². The number of hydrogen-bond acceptors (Lipinski definition) is 6. The van der Waals surface area contributed by atoms with E-state index >= 15 is 4.39 Å². The first-order chi connectivity index (χ1) is 20.7. The normalized spacial score (nSPS) is 21.6. The van der Waals surface area contributed by atoms with Crippen molar-refractivity contribution < 1.29 is 18.7 Å². The van der Waals surface area contributed by atoms with E-state index in [0.717, 1.165) is 63.9 Å². The molecule has 2 aliphatic heterocycles. The van der Waals surface area contributed by atoms with Gasteiger partial charge in [0.15, 0.2) is 5.82 Å². The Morgan fingerprint density at radius 1 is 1.14 bits per heavy atom. The van der Waals surface area contributed by atoms with Crippen LogP contribution in [0.1, 0.15) is 81.5 Å². The number of hydrogen-bond donors (Lipinski definition) is 2. The molecule has 0 aromatic heterocycles. The molecule has 1 aromatic rings. The number of aliphatic imine (C=N–C) groups is 2. The number of rotatable bonds is 9. The summed E-state index contributed by atoms with van der Waals surface area (Å²) in [6, 6.07) is 2.92. The number of amides is 2. The number of nitrogens with zero attached hydrogens (tertiary/aromatic N) is 5. The Morgan fingerprint density at radius 3 is 2.51 bits per heavy atom. The fourth-order valence-electron chi connectivity index (χ4n) is 6.59. The summed E-state index contributed by atoms with van der Waals surface area (Å²) in [4.78, 5) is 41.0. The summed E-state index contributed by atoms with van der Waals surface area (Å²) >= 11 is 0. The first kappa shape index (κ1) is 31.0. The van der Waals surface area contributed by atoms with Crippen molar-refractivity contribution in [3.05, 3.63) is 35.0 Å². The van der Waals surface area contributed by atoms with Crippen LogP contribution in [0.5, 0.6) is 5.75 Å². The molecule has 2 aliphatic carbocycles. The molecule has 2 saturated carbocycles. The number of likely N-dealkylation sites (tertiary alicyclic amines) is 1. The Kier molecular flexibility index (Phi) is 9.68. The van der Waals surface area contributed by atoms with Crippen LogP contribution >= 0.6 is 0 Å². The number of methoxy groups -OCH3 is 1. The second-order valence-electron chi connectivity index (χ2n) is 12.5. The van der Waals surface area contributed by atoms with E-state index in [1.165, 1.54) is 38.5 Å². The standard InChI is InChI=1S/C32H46FN7O3/c1-22-29(40(17-12-28(41)38(22)3)23-10-6-5-7-11-23)37-31(34-2)36-26-19-25(33)24(18-27(26)43-4)30(42)35-20-32(13-14-32)21-39-15-8-9-16-39/h18-19,23H,2,5-17,20-21H2,1,3-4H3,(H,35,42)(H,36,37). The van der Waals surface area contributed by atoms with Crippen LogP contribution in [0.15, 0.2) is 33.6 Å². The number of carbonyl (C=O) groups is 2. The van der Waals surface area contributed by atoms with Gasteiger partial charge in [-0.05, 0) is 71.3 Å². The van der Waals surface area contributed by atoms with Crippen LogP contribution in [0, 0.1) is 11.2 Å². The zero-order valence-corrected chi connectivity index (χ0v) is 25.9. The number of anilines is 1. The van der Waals surface area contributed by atoms with E-state index in [0.29, 0.717) is 25.3 Å². The molecule has 10 nitrogen and oxygen atoms in total. The Balaban J connectivity index is 1.34. The van der Waals surface area contributed by atoms with Gasteiger partial charge >= 0.3 is 0 Å². The van der Waals surface area contributed by atoms with Crippen molar-refractivity contribution in [1.29, 1.82) is 0 Å². The summed E-state index contributed by atoms with van der Waals surface area (Å²) in [6.07, 6.45) is 10.6. The van der Waals surface area contributed by atoms with Crippen LogP contribution < -0.4 is 15.4 Å². The van der Waals surface area contributed by atoms with Gasteiger partial charge in [0.05, 0.1) is 24.1 Å². The predicted molar refractivity (Wildman–Crippen MR) is 167 cm³/mol. The number of carbonyl (C=O) groups excluding carboxylic acids is 2. The number of ether oxygens (including phenoxy) is 1. The van der Waals surface area contributed by atoms with Gasteiger partial charge in [-0.2, -0.15) is 4.99 Å². The van der Waals surface area contributed by atoms with E-state index in [1.807, 2.05) is 6.92 Å². The van der Waals surface area contributed by atoms with Gasteiger partial charge in [0, 0.05) is 50.6 Å². The number of guanidine groups is 1. The highest BCUT2D eigenvalue weighted by atomic mass is 19.1. The summed E-state index contributed by atoms with van der Waals surface area (Å²) in [5.74, 6) is -0.0256. The largest absolute Gasteiger partial charge is 0.495 e. The molecule has 1 saturated heterocycles. The van der Waals surface area contributed by atoms with Crippen molar-refractivity contribution in [2.45, 2.75) is 77.2 Å². The summed E-state index contributed by atoms with van der Waals surface area (Å²) in [7, 11) is 3.22. The van der Waals surface area contributed by atoms with Gasteiger partial charge in [-0.1, -0.05) is 19.3 Å².